The van der Waals surface area contributed by atoms with Crippen molar-refractivity contribution in [2.45, 2.75) is 53.8 Å². The summed E-state index contributed by atoms with van der Waals surface area (Å²) in [5.41, 5.74) is -2.51. The molecule has 0 aromatic heterocycles. The number of anilines is 1. The van der Waals surface area contributed by atoms with Crippen molar-refractivity contribution in [1.29, 1.82) is 0 Å². The van der Waals surface area contributed by atoms with E-state index < -0.39 is 21.8 Å². The van der Waals surface area contributed by atoms with Gasteiger partial charge in [0.1, 0.15) is 0 Å². The highest BCUT2D eigenvalue weighted by molar-refractivity contribution is 7.90. The van der Waals surface area contributed by atoms with Gasteiger partial charge in [-0.05, 0) is 61.9 Å². The van der Waals surface area contributed by atoms with Crippen molar-refractivity contribution in [1.82, 2.24) is 4.31 Å². The molecule has 0 radical (unpaired) electrons. The third-order valence-corrected chi connectivity index (χ3v) is 9.65. The minimum atomic E-state index is -4.80. The van der Waals surface area contributed by atoms with Crippen molar-refractivity contribution in [3.8, 4) is 0 Å². The molecular weight excluding hydrogens is 513 g/mol. The average molecular weight is 545 g/mol. The lowest BCUT2D eigenvalue weighted by Crippen LogP contribution is -2.55. The first-order valence-electron chi connectivity index (χ1n) is 11.9. The lowest BCUT2D eigenvalue weighted by Gasteiger charge is -2.44. The molecule has 2 atom stereocenters. The van der Waals surface area contributed by atoms with Crippen LogP contribution in [0.15, 0.2) is 58.3 Å². The van der Waals surface area contributed by atoms with Gasteiger partial charge in [-0.25, -0.2) is 8.42 Å². The second-order valence-electron chi connectivity index (χ2n) is 9.59. The number of aliphatic hydroxyl groups is 1. The van der Waals surface area contributed by atoms with Gasteiger partial charge < -0.3 is 14.7 Å². The summed E-state index contributed by atoms with van der Waals surface area (Å²) in [5, 5.41) is 10.0. The summed E-state index contributed by atoms with van der Waals surface area (Å²) in [5.74, 6) is 0.358. The highest BCUT2D eigenvalue weighted by atomic mass is 32.2. The van der Waals surface area contributed by atoms with Gasteiger partial charge in [0.25, 0.3) is 0 Å². The average Bonchev–Trinajstić information content (AvgIpc) is 2.84. The van der Waals surface area contributed by atoms with Crippen LogP contribution in [0.3, 0.4) is 0 Å². The maximum Gasteiger partial charge on any atom is 0.421 e. The van der Waals surface area contributed by atoms with Crippen LogP contribution in [-0.4, -0.2) is 62.9 Å². The van der Waals surface area contributed by atoms with E-state index in [2.05, 4.69) is 17.5 Å². The Balaban J connectivity index is 1.60. The lowest BCUT2D eigenvalue weighted by molar-refractivity contribution is -0.258. The second kappa shape index (κ2) is 10.5. The predicted molar refractivity (Wildman–Crippen MR) is 134 cm³/mol. The molecule has 2 aromatic rings. The highest BCUT2D eigenvalue weighted by Crippen LogP contribution is 2.39. The maximum atomic E-state index is 13.4. The Morgan fingerprint density at radius 1 is 1.06 bits per heavy atom. The molecule has 0 aliphatic carbocycles. The number of thiol groups is 1. The van der Waals surface area contributed by atoms with Crippen LogP contribution in [0.25, 0.3) is 0 Å². The van der Waals surface area contributed by atoms with Gasteiger partial charge in [0.05, 0.1) is 4.90 Å². The third kappa shape index (κ3) is 5.55. The number of benzene rings is 2. The van der Waals surface area contributed by atoms with Crippen molar-refractivity contribution in [3.63, 3.8) is 0 Å². The molecule has 0 spiro atoms. The highest BCUT2D eigenvalue weighted by Gasteiger charge is 2.51. The van der Waals surface area contributed by atoms with Crippen molar-refractivity contribution in [2.24, 2.45) is 5.92 Å². The number of alkyl halides is 3. The van der Waals surface area contributed by atoms with Crippen LogP contribution < -0.4 is 4.90 Å². The Morgan fingerprint density at radius 3 is 2.31 bits per heavy atom. The Morgan fingerprint density at radius 2 is 1.69 bits per heavy atom. The summed E-state index contributed by atoms with van der Waals surface area (Å²) in [6.45, 7) is 2.93. The van der Waals surface area contributed by atoms with Crippen LogP contribution in [0, 0.1) is 5.92 Å². The molecule has 2 aromatic carbocycles. The molecule has 0 amide bonds. The summed E-state index contributed by atoms with van der Waals surface area (Å²) in [6, 6.07) is 12.1. The van der Waals surface area contributed by atoms with Crippen LogP contribution >= 0.6 is 12.6 Å². The molecule has 0 unspecified atom stereocenters. The van der Waals surface area contributed by atoms with Gasteiger partial charge in [0.2, 0.25) is 10.0 Å². The smallest absolute Gasteiger partial charge is 0.381 e. The van der Waals surface area contributed by atoms with Crippen molar-refractivity contribution < 1.29 is 31.4 Å². The molecule has 2 saturated heterocycles. The number of ether oxygens (including phenoxy) is 1. The Hall–Kier alpha value is -1.79. The van der Waals surface area contributed by atoms with E-state index in [4.69, 9.17) is 4.74 Å². The second-order valence-corrected chi connectivity index (χ2v) is 12.0. The maximum absolute atomic E-state index is 13.4. The summed E-state index contributed by atoms with van der Waals surface area (Å²) < 4.78 is 73.7. The molecule has 36 heavy (non-hydrogen) atoms. The molecular formula is C25H31F3N2O4S2. The molecule has 11 heteroatoms. The van der Waals surface area contributed by atoms with Gasteiger partial charge >= 0.3 is 6.18 Å². The van der Waals surface area contributed by atoms with Crippen LogP contribution in [0.5, 0.6) is 0 Å². The fourth-order valence-electron chi connectivity index (χ4n) is 4.91. The number of hydrogen-bond donors (Lipinski definition) is 2. The Labute approximate surface area is 215 Å². The standard InChI is InChI=1S/C25H31F3N2O4S2/c1-24(31,25(26,27)28)19-6-8-20(9-7-19)30-13-12-29(17-21(30)16-18-10-14-34-15-11-18)36(32,33)23-5-3-2-4-22(23)35/h2-9,18,21,31,35H,10-17H2,1H3/t21-,24+/m1/s1. The summed E-state index contributed by atoms with van der Waals surface area (Å²) in [7, 11) is -3.77. The molecule has 6 nitrogen and oxygen atoms in total. The fourth-order valence-corrected chi connectivity index (χ4v) is 6.97. The van der Waals surface area contributed by atoms with Gasteiger partial charge in [-0.3, -0.25) is 0 Å². The molecule has 1 N–H and O–H groups in total. The van der Waals surface area contributed by atoms with Crippen molar-refractivity contribution >= 4 is 28.3 Å². The van der Waals surface area contributed by atoms with Gasteiger partial charge in [0, 0.05) is 49.5 Å². The van der Waals surface area contributed by atoms with Gasteiger partial charge in [-0.1, -0.05) is 24.3 Å². The van der Waals surface area contributed by atoms with Gasteiger partial charge in [-0.15, -0.1) is 12.6 Å². The number of halogens is 3. The monoisotopic (exact) mass is 544 g/mol. The van der Waals surface area contributed by atoms with E-state index in [9.17, 15) is 26.7 Å². The zero-order chi connectivity index (χ0) is 26.1. The van der Waals surface area contributed by atoms with E-state index in [1.54, 1.807) is 36.4 Å². The number of nitrogens with zero attached hydrogens (tertiary/aromatic N) is 2. The zero-order valence-corrected chi connectivity index (χ0v) is 21.7. The predicted octanol–water partition coefficient (Wildman–Crippen LogP) is 4.44. The molecule has 198 valence electrons. The normalized spacial score (nSPS) is 22.4. The van der Waals surface area contributed by atoms with Crippen molar-refractivity contribution in [3.05, 3.63) is 54.1 Å². The fraction of sp³-hybridized carbons (Fsp3) is 0.520. The Bertz CT molecular complexity index is 1150. The van der Waals surface area contributed by atoms with Crippen LogP contribution in [-0.2, 0) is 20.4 Å². The van der Waals surface area contributed by atoms with E-state index in [0.717, 1.165) is 26.2 Å². The number of sulfonamides is 1. The summed E-state index contributed by atoms with van der Waals surface area (Å²) >= 11 is 4.34. The number of hydrogen-bond acceptors (Lipinski definition) is 6. The van der Waals surface area contributed by atoms with Crippen LogP contribution in [0.1, 0.15) is 31.7 Å². The SMILES string of the molecule is C[C@](O)(c1ccc(N2CCN(S(=O)(=O)c3ccccc3S)C[C@H]2CC2CCOCC2)cc1)C(F)(F)F. The Kier molecular flexibility index (Phi) is 7.97. The van der Waals surface area contributed by atoms with E-state index in [1.165, 1.54) is 16.4 Å². The minimum Gasteiger partial charge on any atom is -0.381 e. The van der Waals surface area contributed by atoms with Crippen LogP contribution in [0.2, 0.25) is 0 Å². The van der Waals surface area contributed by atoms with Gasteiger partial charge in [-0.2, -0.15) is 17.5 Å². The largest absolute Gasteiger partial charge is 0.421 e. The molecule has 2 aliphatic rings. The molecule has 2 aliphatic heterocycles. The van der Waals surface area contributed by atoms with Crippen LogP contribution in [0.4, 0.5) is 18.9 Å². The number of piperazine rings is 1. The topological polar surface area (TPSA) is 70.1 Å². The molecule has 2 heterocycles. The van der Waals surface area contributed by atoms with E-state index in [0.29, 0.717) is 36.3 Å². The first-order chi connectivity index (χ1) is 16.9. The lowest BCUT2D eigenvalue weighted by atomic mass is 9.90. The van der Waals surface area contributed by atoms with E-state index >= 15 is 0 Å². The first-order valence-corrected chi connectivity index (χ1v) is 13.8. The van der Waals surface area contributed by atoms with Crippen molar-refractivity contribution in [2.75, 3.05) is 37.7 Å². The third-order valence-electron chi connectivity index (χ3n) is 7.19. The van der Waals surface area contributed by atoms with Gasteiger partial charge in [0.15, 0.2) is 5.60 Å². The summed E-state index contributed by atoms with van der Waals surface area (Å²) in [4.78, 5) is 2.61. The molecule has 4 rings (SSSR count). The first kappa shape index (κ1) is 27.3. The zero-order valence-electron chi connectivity index (χ0n) is 20.0. The molecule has 0 saturated carbocycles. The summed E-state index contributed by atoms with van der Waals surface area (Å²) in [6.07, 6.45) is -2.31. The molecule has 2 fully saturated rings. The van der Waals surface area contributed by atoms with E-state index in [-0.39, 0.29) is 29.6 Å². The van der Waals surface area contributed by atoms with E-state index in [1.807, 2.05) is 0 Å². The minimum absolute atomic E-state index is 0.158. The number of rotatable bonds is 6. The quantitative estimate of drug-likeness (QED) is 0.527. The molecule has 0 bridgehead atoms.